The van der Waals surface area contributed by atoms with Gasteiger partial charge in [0.1, 0.15) is 0 Å². The van der Waals surface area contributed by atoms with E-state index in [0.29, 0.717) is 30.9 Å². The Morgan fingerprint density at radius 1 is 1.18 bits per heavy atom. The van der Waals surface area contributed by atoms with Crippen LogP contribution in [0.15, 0.2) is 30.5 Å². The predicted molar refractivity (Wildman–Crippen MR) is 83.7 cm³/mol. The predicted octanol–water partition coefficient (Wildman–Crippen LogP) is 2.79. The molecule has 2 aromatic rings. The molecule has 1 aromatic heterocycles. The first-order chi connectivity index (χ1) is 10.6. The SMILES string of the molecule is O=C(NCC1CCC(C(=O)O)CC1)c1cccc2cc[nH]c12. The topological polar surface area (TPSA) is 82.2 Å². The number of H-pyrrole nitrogens is 1. The Kier molecular flexibility index (Phi) is 4.13. The fourth-order valence-corrected chi connectivity index (χ4v) is 3.22. The number of benzene rings is 1. The normalized spacial score (nSPS) is 21.6. The van der Waals surface area contributed by atoms with Crippen LogP contribution in [0.3, 0.4) is 0 Å². The molecule has 0 bridgehead atoms. The molecule has 5 heteroatoms. The number of nitrogens with one attached hydrogen (secondary N) is 2. The lowest BCUT2D eigenvalue weighted by molar-refractivity contribution is -0.143. The summed E-state index contributed by atoms with van der Waals surface area (Å²) in [5.74, 6) is -0.601. The number of amides is 1. The highest BCUT2D eigenvalue weighted by Crippen LogP contribution is 2.28. The van der Waals surface area contributed by atoms with Gasteiger partial charge in [-0.3, -0.25) is 9.59 Å². The van der Waals surface area contributed by atoms with Crippen LogP contribution in [-0.2, 0) is 4.79 Å². The van der Waals surface area contributed by atoms with Crippen LogP contribution in [0.4, 0.5) is 0 Å². The van der Waals surface area contributed by atoms with Gasteiger partial charge in [0.2, 0.25) is 0 Å². The van der Waals surface area contributed by atoms with Crippen molar-refractivity contribution < 1.29 is 14.7 Å². The van der Waals surface area contributed by atoms with E-state index < -0.39 is 5.97 Å². The highest BCUT2D eigenvalue weighted by Gasteiger charge is 2.26. The van der Waals surface area contributed by atoms with Gasteiger partial charge in [0, 0.05) is 18.1 Å². The molecule has 1 saturated carbocycles. The van der Waals surface area contributed by atoms with Gasteiger partial charge in [-0.15, -0.1) is 0 Å². The van der Waals surface area contributed by atoms with Crippen molar-refractivity contribution in [1.82, 2.24) is 10.3 Å². The first kappa shape index (κ1) is 14.6. The fourth-order valence-electron chi connectivity index (χ4n) is 3.22. The molecule has 0 spiro atoms. The fraction of sp³-hybridized carbons (Fsp3) is 0.412. The standard InChI is InChI=1S/C17H20N2O3/c20-16(14-3-1-2-12-8-9-18-15(12)14)19-10-11-4-6-13(7-5-11)17(21)22/h1-3,8-9,11,13,18H,4-7,10H2,(H,19,20)(H,21,22). The van der Waals surface area contributed by atoms with Crippen LogP contribution < -0.4 is 5.32 Å². The smallest absolute Gasteiger partial charge is 0.306 e. The van der Waals surface area contributed by atoms with Crippen LogP contribution in [0.1, 0.15) is 36.0 Å². The second-order valence-electron chi connectivity index (χ2n) is 6.01. The van der Waals surface area contributed by atoms with Gasteiger partial charge in [0.25, 0.3) is 5.91 Å². The second-order valence-corrected chi connectivity index (χ2v) is 6.01. The molecular weight excluding hydrogens is 280 g/mol. The second kappa shape index (κ2) is 6.22. The molecule has 0 radical (unpaired) electrons. The molecule has 0 aliphatic heterocycles. The van der Waals surface area contributed by atoms with Gasteiger partial charge in [-0.2, -0.15) is 0 Å². The van der Waals surface area contributed by atoms with Crippen molar-refractivity contribution >= 4 is 22.8 Å². The first-order valence-electron chi connectivity index (χ1n) is 7.72. The third kappa shape index (κ3) is 2.98. The number of para-hydroxylation sites is 1. The van der Waals surface area contributed by atoms with Crippen LogP contribution in [0.5, 0.6) is 0 Å². The third-order valence-electron chi connectivity index (χ3n) is 4.58. The van der Waals surface area contributed by atoms with E-state index in [1.165, 1.54) is 0 Å². The van der Waals surface area contributed by atoms with E-state index in [-0.39, 0.29) is 11.8 Å². The molecule has 5 nitrogen and oxygen atoms in total. The zero-order valence-corrected chi connectivity index (χ0v) is 12.3. The first-order valence-corrected chi connectivity index (χ1v) is 7.72. The summed E-state index contributed by atoms with van der Waals surface area (Å²) in [6, 6.07) is 7.60. The van der Waals surface area contributed by atoms with E-state index in [1.54, 1.807) is 0 Å². The molecule has 0 unspecified atom stereocenters. The summed E-state index contributed by atoms with van der Waals surface area (Å²) in [5, 5.41) is 13.0. The number of carbonyl (C=O) groups excluding carboxylic acids is 1. The zero-order valence-electron chi connectivity index (χ0n) is 12.3. The molecule has 116 valence electrons. The van der Waals surface area contributed by atoms with Gasteiger partial charge < -0.3 is 15.4 Å². The highest BCUT2D eigenvalue weighted by atomic mass is 16.4. The van der Waals surface area contributed by atoms with Crippen molar-refractivity contribution in [2.75, 3.05) is 6.54 Å². The van der Waals surface area contributed by atoms with E-state index >= 15 is 0 Å². The van der Waals surface area contributed by atoms with Gasteiger partial charge in [0.05, 0.1) is 17.0 Å². The average molecular weight is 300 g/mol. The lowest BCUT2D eigenvalue weighted by Crippen LogP contribution is -2.32. The minimum Gasteiger partial charge on any atom is -0.481 e. The number of carboxylic acids is 1. The van der Waals surface area contributed by atoms with E-state index in [2.05, 4.69) is 10.3 Å². The van der Waals surface area contributed by atoms with E-state index in [0.717, 1.165) is 23.7 Å². The van der Waals surface area contributed by atoms with Crippen LogP contribution in [-0.4, -0.2) is 28.5 Å². The summed E-state index contributed by atoms with van der Waals surface area (Å²) in [7, 11) is 0. The highest BCUT2D eigenvalue weighted by molar-refractivity contribution is 6.05. The number of hydrogen-bond acceptors (Lipinski definition) is 2. The molecule has 22 heavy (non-hydrogen) atoms. The molecule has 3 N–H and O–H groups in total. The molecule has 1 aromatic carbocycles. The zero-order chi connectivity index (χ0) is 15.5. The Morgan fingerprint density at radius 3 is 2.68 bits per heavy atom. The van der Waals surface area contributed by atoms with Crippen molar-refractivity contribution in [2.24, 2.45) is 11.8 Å². The van der Waals surface area contributed by atoms with Gasteiger partial charge in [-0.25, -0.2) is 0 Å². The maximum atomic E-state index is 12.3. The maximum Gasteiger partial charge on any atom is 0.306 e. The molecular formula is C17H20N2O3. The monoisotopic (exact) mass is 300 g/mol. The van der Waals surface area contributed by atoms with Gasteiger partial charge in [0.15, 0.2) is 0 Å². The van der Waals surface area contributed by atoms with Crippen LogP contribution in [0.2, 0.25) is 0 Å². The Labute approximate surface area is 128 Å². The summed E-state index contributed by atoms with van der Waals surface area (Å²) in [6.07, 6.45) is 4.98. The number of aromatic amines is 1. The number of aromatic nitrogens is 1. The average Bonchev–Trinajstić information content (AvgIpc) is 3.01. The number of fused-ring (bicyclic) bond motifs is 1. The molecule has 1 aliphatic rings. The van der Waals surface area contributed by atoms with Crippen molar-refractivity contribution in [3.8, 4) is 0 Å². The Hall–Kier alpha value is -2.30. The Bertz CT molecular complexity index is 684. The van der Waals surface area contributed by atoms with Crippen molar-refractivity contribution in [2.45, 2.75) is 25.7 Å². The summed E-state index contributed by atoms with van der Waals surface area (Å²) < 4.78 is 0. The van der Waals surface area contributed by atoms with Crippen molar-refractivity contribution in [3.05, 3.63) is 36.0 Å². The van der Waals surface area contributed by atoms with Crippen LogP contribution in [0.25, 0.3) is 10.9 Å². The lowest BCUT2D eigenvalue weighted by Gasteiger charge is -2.26. The van der Waals surface area contributed by atoms with Gasteiger partial charge >= 0.3 is 5.97 Å². The molecule has 1 amide bonds. The van der Waals surface area contributed by atoms with E-state index in [9.17, 15) is 9.59 Å². The van der Waals surface area contributed by atoms with Gasteiger partial charge in [-0.05, 0) is 43.7 Å². The van der Waals surface area contributed by atoms with Crippen molar-refractivity contribution in [3.63, 3.8) is 0 Å². The molecule has 0 atom stereocenters. The maximum absolute atomic E-state index is 12.3. The number of hydrogen-bond donors (Lipinski definition) is 3. The summed E-state index contributed by atoms with van der Waals surface area (Å²) >= 11 is 0. The summed E-state index contributed by atoms with van der Waals surface area (Å²) in [5.41, 5.74) is 1.51. The summed E-state index contributed by atoms with van der Waals surface area (Å²) in [6.45, 7) is 0.613. The largest absolute Gasteiger partial charge is 0.481 e. The number of carbonyl (C=O) groups is 2. The Morgan fingerprint density at radius 2 is 1.95 bits per heavy atom. The third-order valence-corrected chi connectivity index (χ3v) is 4.58. The van der Waals surface area contributed by atoms with Crippen LogP contribution >= 0.6 is 0 Å². The number of rotatable bonds is 4. The number of aliphatic carboxylic acids is 1. The van der Waals surface area contributed by atoms with E-state index in [1.807, 2.05) is 30.5 Å². The van der Waals surface area contributed by atoms with Crippen LogP contribution in [0, 0.1) is 11.8 Å². The van der Waals surface area contributed by atoms with E-state index in [4.69, 9.17) is 5.11 Å². The number of carboxylic acid groups (broad SMARTS) is 1. The molecule has 0 saturated heterocycles. The molecule has 3 rings (SSSR count). The van der Waals surface area contributed by atoms with Gasteiger partial charge in [-0.1, -0.05) is 12.1 Å². The minimum absolute atomic E-state index is 0.0755. The molecule has 1 heterocycles. The molecule has 1 fully saturated rings. The Balaban J connectivity index is 1.57. The minimum atomic E-state index is -0.694. The summed E-state index contributed by atoms with van der Waals surface area (Å²) in [4.78, 5) is 26.4. The lowest BCUT2D eigenvalue weighted by atomic mass is 9.82. The quantitative estimate of drug-likeness (QED) is 0.812. The van der Waals surface area contributed by atoms with Crippen molar-refractivity contribution in [1.29, 1.82) is 0 Å². The molecule has 1 aliphatic carbocycles.